The van der Waals surface area contributed by atoms with Crippen molar-refractivity contribution in [1.82, 2.24) is 0 Å². The van der Waals surface area contributed by atoms with Crippen molar-refractivity contribution in [2.24, 2.45) is 0 Å². The van der Waals surface area contributed by atoms with Crippen molar-refractivity contribution in [3.05, 3.63) is 12.2 Å². The molecule has 0 spiro atoms. The average molecular weight is 158 g/mol. The zero-order valence-electron chi connectivity index (χ0n) is 7.11. The van der Waals surface area contributed by atoms with Gasteiger partial charge in [0.15, 0.2) is 6.29 Å². The van der Waals surface area contributed by atoms with Crippen molar-refractivity contribution >= 4 is 0 Å². The molecule has 0 saturated carbocycles. The van der Waals surface area contributed by atoms with Crippen LogP contribution in [0.5, 0.6) is 0 Å². The Morgan fingerprint density at radius 3 is 2.27 bits per heavy atom. The molecule has 0 radical (unpaired) electrons. The first-order chi connectivity index (χ1) is 5.27. The summed E-state index contributed by atoms with van der Waals surface area (Å²) in [5.41, 5.74) is 0. The van der Waals surface area contributed by atoms with E-state index in [0.29, 0.717) is 0 Å². The van der Waals surface area contributed by atoms with E-state index >= 15 is 0 Å². The molecular weight excluding hydrogens is 144 g/mol. The van der Waals surface area contributed by atoms with Gasteiger partial charge in [-0.2, -0.15) is 0 Å². The summed E-state index contributed by atoms with van der Waals surface area (Å²) in [6.07, 6.45) is 3.79. The monoisotopic (exact) mass is 158 g/mol. The third kappa shape index (κ3) is 2.02. The SMILES string of the molecule is COC(OC)[C@H]1C=C[C@H](C)O1. The first-order valence-electron chi connectivity index (χ1n) is 3.67. The van der Waals surface area contributed by atoms with Crippen molar-refractivity contribution in [3.8, 4) is 0 Å². The number of methoxy groups -OCH3 is 2. The maximum Gasteiger partial charge on any atom is 0.186 e. The van der Waals surface area contributed by atoms with Gasteiger partial charge in [-0.1, -0.05) is 12.2 Å². The van der Waals surface area contributed by atoms with E-state index in [-0.39, 0.29) is 18.5 Å². The van der Waals surface area contributed by atoms with Gasteiger partial charge >= 0.3 is 0 Å². The molecule has 0 aromatic carbocycles. The van der Waals surface area contributed by atoms with Crippen LogP contribution in [0.25, 0.3) is 0 Å². The second-order valence-electron chi connectivity index (χ2n) is 2.53. The van der Waals surface area contributed by atoms with Crippen LogP contribution in [0.4, 0.5) is 0 Å². The Balaban J connectivity index is 2.42. The lowest BCUT2D eigenvalue weighted by molar-refractivity contribution is -0.166. The van der Waals surface area contributed by atoms with E-state index in [0.717, 1.165) is 0 Å². The fraction of sp³-hybridized carbons (Fsp3) is 0.750. The van der Waals surface area contributed by atoms with E-state index in [9.17, 15) is 0 Å². The maximum absolute atomic E-state index is 5.44. The Kier molecular flexibility index (Phi) is 3.05. The van der Waals surface area contributed by atoms with Gasteiger partial charge in [-0.25, -0.2) is 0 Å². The topological polar surface area (TPSA) is 27.7 Å². The van der Waals surface area contributed by atoms with Gasteiger partial charge in [-0.3, -0.25) is 0 Å². The fourth-order valence-electron chi connectivity index (χ4n) is 1.12. The Morgan fingerprint density at radius 2 is 1.91 bits per heavy atom. The molecule has 0 saturated heterocycles. The molecular formula is C8H14O3. The fourth-order valence-corrected chi connectivity index (χ4v) is 1.12. The predicted molar refractivity (Wildman–Crippen MR) is 41.3 cm³/mol. The van der Waals surface area contributed by atoms with Gasteiger partial charge in [-0.05, 0) is 6.92 Å². The summed E-state index contributed by atoms with van der Waals surface area (Å²) in [4.78, 5) is 0. The lowest BCUT2D eigenvalue weighted by Gasteiger charge is -2.19. The van der Waals surface area contributed by atoms with Crippen LogP contribution in [-0.2, 0) is 14.2 Å². The molecule has 64 valence electrons. The first-order valence-corrected chi connectivity index (χ1v) is 3.67. The number of hydrogen-bond donors (Lipinski definition) is 0. The van der Waals surface area contributed by atoms with Crippen LogP contribution in [0.3, 0.4) is 0 Å². The standard InChI is InChI=1S/C8H14O3/c1-6-4-5-7(11-6)8(9-2)10-3/h4-8H,1-3H3/t6-,7+/m0/s1. The van der Waals surface area contributed by atoms with Crippen molar-refractivity contribution in [2.45, 2.75) is 25.4 Å². The summed E-state index contributed by atoms with van der Waals surface area (Å²) in [6, 6.07) is 0. The largest absolute Gasteiger partial charge is 0.362 e. The second kappa shape index (κ2) is 3.85. The summed E-state index contributed by atoms with van der Waals surface area (Å²) in [6.45, 7) is 1.98. The molecule has 0 unspecified atom stereocenters. The van der Waals surface area contributed by atoms with E-state index in [1.54, 1.807) is 14.2 Å². The summed E-state index contributed by atoms with van der Waals surface area (Å²) in [7, 11) is 3.21. The van der Waals surface area contributed by atoms with Crippen molar-refractivity contribution < 1.29 is 14.2 Å². The first kappa shape index (κ1) is 8.71. The van der Waals surface area contributed by atoms with Gasteiger partial charge < -0.3 is 14.2 Å². The minimum absolute atomic E-state index is 0.0556. The second-order valence-corrected chi connectivity index (χ2v) is 2.53. The van der Waals surface area contributed by atoms with Gasteiger partial charge in [0.2, 0.25) is 0 Å². The zero-order valence-corrected chi connectivity index (χ0v) is 7.11. The van der Waals surface area contributed by atoms with Crippen LogP contribution in [-0.4, -0.2) is 32.7 Å². The summed E-state index contributed by atoms with van der Waals surface area (Å²) < 4.78 is 15.5. The van der Waals surface area contributed by atoms with Gasteiger partial charge in [-0.15, -0.1) is 0 Å². The lowest BCUT2D eigenvalue weighted by atomic mass is 10.3. The molecule has 0 bridgehead atoms. The third-order valence-corrected chi connectivity index (χ3v) is 1.68. The average Bonchev–Trinajstić information content (AvgIpc) is 2.39. The molecule has 1 aliphatic rings. The van der Waals surface area contributed by atoms with Crippen LogP contribution in [0, 0.1) is 0 Å². The van der Waals surface area contributed by atoms with Gasteiger partial charge in [0.1, 0.15) is 6.10 Å². The highest BCUT2D eigenvalue weighted by Gasteiger charge is 2.24. The summed E-state index contributed by atoms with van der Waals surface area (Å²) in [5, 5.41) is 0. The minimum Gasteiger partial charge on any atom is -0.362 e. The smallest absolute Gasteiger partial charge is 0.186 e. The molecule has 3 nitrogen and oxygen atoms in total. The Bertz CT molecular complexity index is 140. The Morgan fingerprint density at radius 1 is 1.27 bits per heavy atom. The molecule has 0 aliphatic carbocycles. The van der Waals surface area contributed by atoms with Gasteiger partial charge in [0.25, 0.3) is 0 Å². The molecule has 1 rings (SSSR count). The molecule has 2 atom stereocenters. The van der Waals surface area contributed by atoms with E-state index in [4.69, 9.17) is 14.2 Å². The van der Waals surface area contributed by atoms with Crippen molar-refractivity contribution in [2.75, 3.05) is 14.2 Å². The quantitative estimate of drug-likeness (QED) is 0.452. The third-order valence-electron chi connectivity index (χ3n) is 1.68. The Labute approximate surface area is 66.9 Å². The maximum atomic E-state index is 5.44. The van der Waals surface area contributed by atoms with Crippen molar-refractivity contribution in [3.63, 3.8) is 0 Å². The molecule has 1 heterocycles. The molecule has 0 aromatic heterocycles. The van der Waals surface area contributed by atoms with Crippen LogP contribution < -0.4 is 0 Å². The van der Waals surface area contributed by atoms with E-state index in [2.05, 4.69) is 0 Å². The predicted octanol–water partition coefficient (Wildman–Crippen LogP) is 0.949. The van der Waals surface area contributed by atoms with Crippen LogP contribution in [0.1, 0.15) is 6.92 Å². The highest BCUT2D eigenvalue weighted by Crippen LogP contribution is 2.15. The molecule has 0 N–H and O–H groups in total. The summed E-state index contributed by atoms with van der Waals surface area (Å²) >= 11 is 0. The molecule has 11 heavy (non-hydrogen) atoms. The number of hydrogen-bond acceptors (Lipinski definition) is 3. The molecule has 0 amide bonds. The Hall–Kier alpha value is -0.380. The van der Waals surface area contributed by atoms with Crippen LogP contribution in [0.2, 0.25) is 0 Å². The normalized spacial score (nSPS) is 30.2. The molecule has 3 heteroatoms. The summed E-state index contributed by atoms with van der Waals surface area (Å²) in [5.74, 6) is 0. The minimum atomic E-state index is -0.281. The molecule has 0 aromatic rings. The lowest BCUT2D eigenvalue weighted by Crippen LogP contribution is -2.29. The van der Waals surface area contributed by atoms with Gasteiger partial charge in [0.05, 0.1) is 6.10 Å². The van der Waals surface area contributed by atoms with Crippen LogP contribution >= 0.6 is 0 Å². The highest BCUT2D eigenvalue weighted by atomic mass is 16.7. The van der Waals surface area contributed by atoms with E-state index < -0.39 is 0 Å². The zero-order chi connectivity index (χ0) is 8.27. The highest BCUT2D eigenvalue weighted by molar-refractivity contribution is 5.01. The molecule has 1 aliphatic heterocycles. The number of ether oxygens (including phenoxy) is 3. The van der Waals surface area contributed by atoms with E-state index in [1.165, 1.54) is 0 Å². The number of rotatable bonds is 3. The van der Waals surface area contributed by atoms with Gasteiger partial charge in [0, 0.05) is 14.2 Å². The van der Waals surface area contributed by atoms with Crippen LogP contribution in [0.15, 0.2) is 12.2 Å². The van der Waals surface area contributed by atoms with E-state index in [1.807, 2.05) is 19.1 Å². The molecule has 0 fully saturated rings. The van der Waals surface area contributed by atoms with Crippen molar-refractivity contribution in [1.29, 1.82) is 0 Å².